The first kappa shape index (κ1) is 12.3. The largest absolute Gasteiger partial charge is 0.497 e. The Balaban J connectivity index is 2.36. The molecule has 0 fully saturated rings. The lowest BCUT2D eigenvalue weighted by Gasteiger charge is -2.08. The summed E-state index contributed by atoms with van der Waals surface area (Å²) in [7, 11) is 1.68. The van der Waals surface area contributed by atoms with E-state index in [1.54, 1.807) is 18.4 Å². The minimum atomic E-state index is 0.857. The van der Waals surface area contributed by atoms with Gasteiger partial charge in [-0.15, -0.1) is 11.3 Å². The van der Waals surface area contributed by atoms with Crippen LogP contribution in [-0.4, -0.2) is 7.11 Å². The van der Waals surface area contributed by atoms with Crippen molar-refractivity contribution in [1.82, 2.24) is 0 Å². The van der Waals surface area contributed by atoms with E-state index in [9.17, 15) is 0 Å². The van der Waals surface area contributed by atoms with Gasteiger partial charge in [0.25, 0.3) is 0 Å². The van der Waals surface area contributed by atoms with Gasteiger partial charge in [0.2, 0.25) is 0 Å². The maximum absolute atomic E-state index is 5.42. The van der Waals surface area contributed by atoms with Crippen LogP contribution in [0.25, 0.3) is 21.9 Å². The quantitative estimate of drug-likeness (QED) is 0.590. The van der Waals surface area contributed by atoms with Gasteiger partial charge in [0.1, 0.15) is 5.75 Å². The van der Waals surface area contributed by atoms with E-state index in [1.165, 1.54) is 11.1 Å². The second-order valence-corrected chi connectivity index (χ2v) is 5.76. The smallest absolute Gasteiger partial charge is 0.119 e. The number of benzene rings is 2. The molecule has 0 aliphatic heterocycles. The Hall–Kier alpha value is -1.71. The molecule has 0 unspecified atom stereocenters. The summed E-state index contributed by atoms with van der Waals surface area (Å²) in [6, 6.07) is 16.4. The maximum atomic E-state index is 5.42. The van der Waals surface area contributed by atoms with Gasteiger partial charge in [-0.2, -0.15) is 0 Å². The Morgan fingerprint density at radius 1 is 1.00 bits per heavy atom. The summed E-state index contributed by atoms with van der Waals surface area (Å²) < 4.78 is 6.24. The molecular formula is C16H12OS2. The van der Waals surface area contributed by atoms with Crippen molar-refractivity contribution >= 4 is 34.3 Å². The molecule has 94 valence electrons. The van der Waals surface area contributed by atoms with Gasteiger partial charge in [0, 0.05) is 10.8 Å². The van der Waals surface area contributed by atoms with Crippen molar-refractivity contribution < 1.29 is 4.74 Å². The lowest BCUT2D eigenvalue weighted by Crippen LogP contribution is -1.85. The highest BCUT2D eigenvalue weighted by atomic mass is 32.1. The number of hydrogen-bond donors (Lipinski definition) is 0. The van der Waals surface area contributed by atoms with Crippen molar-refractivity contribution in [2.45, 2.75) is 0 Å². The van der Waals surface area contributed by atoms with E-state index in [0.717, 1.165) is 20.3 Å². The van der Waals surface area contributed by atoms with Crippen LogP contribution in [0.5, 0.6) is 5.75 Å². The molecular weight excluding hydrogens is 272 g/mol. The summed E-state index contributed by atoms with van der Waals surface area (Å²) >= 11 is 7.03. The molecule has 2 aromatic carbocycles. The zero-order valence-electron chi connectivity index (χ0n) is 10.4. The van der Waals surface area contributed by atoms with Crippen LogP contribution in [0.4, 0.5) is 0 Å². The molecule has 1 heterocycles. The second kappa shape index (κ2) is 5.11. The summed E-state index contributed by atoms with van der Waals surface area (Å²) in [4.78, 5) is 0. The van der Waals surface area contributed by atoms with Crippen molar-refractivity contribution in [2.24, 2.45) is 0 Å². The summed E-state index contributed by atoms with van der Waals surface area (Å²) in [5, 5.41) is 4.39. The fourth-order valence-electron chi connectivity index (χ4n) is 2.13. The van der Waals surface area contributed by atoms with Crippen LogP contribution in [0.2, 0.25) is 0 Å². The normalized spacial score (nSPS) is 10.6. The van der Waals surface area contributed by atoms with E-state index in [-0.39, 0.29) is 0 Å². The number of rotatable bonds is 2. The molecule has 3 heteroatoms. The third-order valence-electron chi connectivity index (χ3n) is 3.11. The molecule has 1 aromatic heterocycles. The molecule has 0 aliphatic rings. The van der Waals surface area contributed by atoms with Gasteiger partial charge >= 0.3 is 0 Å². The van der Waals surface area contributed by atoms with Crippen LogP contribution in [0.3, 0.4) is 0 Å². The van der Waals surface area contributed by atoms with E-state index >= 15 is 0 Å². The van der Waals surface area contributed by atoms with Gasteiger partial charge < -0.3 is 4.74 Å². The lowest BCUT2D eigenvalue weighted by molar-refractivity contribution is 0.415. The van der Waals surface area contributed by atoms with Crippen LogP contribution in [-0.2, 0) is 0 Å². The van der Waals surface area contributed by atoms with Crippen LogP contribution in [0, 0.1) is 3.82 Å². The highest BCUT2D eigenvalue weighted by molar-refractivity contribution is 7.73. The zero-order chi connectivity index (χ0) is 13.2. The Morgan fingerprint density at radius 3 is 2.53 bits per heavy atom. The minimum Gasteiger partial charge on any atom is -0.497 e. The first-order valence-corrected chi connectivity index (χ1v) is 7.23. The molecule has 0 spiro atoms. The molecule has 0 amide bonds. The van der Waals surface area contributed by atoms with Crippen molar-refractivity contribution in [3.05, 3.63) is 57.7 Å². The van der Waals surface area contributed by atoms with E-state index in [2.05, 4.69) is 23.6 Å². The molecule has 3 aromatic rings. The Kier molecular flexibility index (Phi) is 3.32. The number of hydrogen-bond acceptors (Lipinski definition) is 3. The Labute approximate surface area is 121 Å². The molecule has 0 aliphatic carbocycles. The molecule has 0 bridgehead atoms. The van der Waals surface area contributed by atoms with Crippen LogP contribution < -0.4 is 4.74 Å². The maximum Gasteiger partial charge on any atom is 0.119 e. The standard InChI is InChI=1S/C16H12OS2/c1-17-12-7-8-13-14(9-12)15(10-19-16(13)18)11-5-3-2-4-6-11/h2-10H,1H3. The summed E-state index contributed by atoms with van der Waals surface area (Å²) in [5.74, 6) is 0.857. The average molecular weight is 284 g/mol. The predicted octanol–water partition coefficient (Wildman–Crippen LogP) is 5.31. The van der Waals surface area contributed by atoms with Crippen LogP contribution in [0.1, 0.15) is 0 Å². The molecule has 0 saturated carbocycles. The van der Waals surface area contributed by atoms with Crippen LogP contribution >= 0.6 is 23.6 Å². The first-order valence-electron chi connectivity index (χ1n) is 5.94. The topological polar surface area (TPSA) is 9.23 Å². The van der Waals surface area contributed by atoms with Gasteiger partial charge in [0.15, 0.2) is 0 Å². The molecule has 0 saturated heterocycles. The average Bonchev–Trinajstić information content (AvgIpc) is 2.48. The van der Waals surface area contributed by atoms with Gasteiger partial charge in [0.05, 0.1) is 10.9 Å². The monoisotopic (exact) mass is 284 g/mol. The Morgan fingerprint density at radius 2 is 1.79 bits per heavy atom. The van der Waals surface area contributed by atoms with Crippen molar-refractivity contribution in [2.75, 3.05) is 7.11 Å². The van der Waals surface area contributed by atoms with Gasteiger partial charge in [-0.05, 0) is 34.7 Å². The summed E-state index contributed by atoms with van der Waals surface area (Å²) in [6.45, 7) is 0. The van der Waals surface area contributed by atoms with Crippen LogP contribution in [0.15, 0.2) is 53.9 Å². The lowest BCUT2D eigenvalue weighted by atomic mass is 10.0. The summed E-state index contributed by atoms with van der Waals surface area (Å²) in [6.07, 6.45) is 0. The number of ether oxygens (including phenoxy) is 1. The first-order chi connectivity index (χ1) is 9.29. The van der Waals surface area contributed by atoms with Crippen molar-refractivity contribution in [3.63, 3.8) is 0 Å². The van der Waals surface area contributed by atoms with Crippen molar-refractivity contribution in [1.29, 1.82) is 0 Å². The fraction of sp³-hybridized carbons (Fsp3) is 0.0625. The molecule has 1 nitrogen and oxygen atoms in total. The van der Waals surface area contributed by atoms with Gasteiger partial charge in [-0.1, -0.05) is 42.5 Å². The van der Waals surface area contributed by atoms with Gasteiger partial charge in [-0.25, -0.2) is 0 Å². The predicted molar refractivity (Wildman–Crippen MR) is 84.6 cm³/mol. The third-order valence-corrected chi connectivity index (χ3v) is 4.40. The van der Waals surface area contributed by atoms with Crippen molar-refractivity contribution in [3.8, 4) is 16.9 Å². The molecule has 19 heavy (non-hydrogen) atoms. The number of methoxy groups -OCH3 is 1. The highest BCUT2D eigenvalue weighted by Crippen LogP contribution is 2.33. The molecule has 0 N–H and O–H groups in total. The SMILES string of the molecule is COc1ccc2c(=S)scc(-c3ccccc3)c2c1. The minimum absolute atomic E-state index is 0.857. The van der Waals surface area contributed by atoms with E-state index in [4.69, 9.17) is 17.0 Å². The fourth-order valence-corrected chi connectivity index (χ4v) is 3.25. The number of fused-ring (bicyclic) bond motifs is 1. The van der Waals surface area contributed by atoms with Gasteiger partial charge in [-0.3, -0.25) is 0 Å². The highest BCUT2D eigenvalue weighted by Gasteiger charge is 2.06. The molecule has 0 radical (unpaired) electrons. The van der Waals surface area contributed by atoms with E-state index < -0.39 is 0 Å². The summed E-state index contributed by atoms with van der Waals surface area (Å²) in [5.41, 5.74) is 2.40. The Bertz CT molecular complexity index is 776. The third kappa shape index (κ3) is 2.27. The second-order valence-electron chi connectivity index (χ2n) is 4.21. The van der Waals surface area contributed by atoms with E-state index in [1.807, 2.05) is 30.3 Å². The molecule has 0 atom stereocenters. The molecule has 3 rings (SSSR count). The zero-order valence-corrected chi connectivity index (χ0v) is 12.1. The van der Waals surface area contributed by atoms with E-state index in [0.29, 0.717) is 0 Å².